The van der Waals surface area contributed by atoms with E-state index in [1.165, 1.54) is 6.26 Å². The predicted molar refractivity (Wildman–Crippen MR) is 58.6 cm³/mol. The summed E-state index contributed by atoms with van der Waals surface area (Å²) in [6, 6.07) is 3.36. The van der Waals surface area contributed by atoms with Crippen LogP contribution in [0.3, 0.4) is 0 Å². The second-order valence-electron chi connectivity index (χ2n) is 3.44. The molecule has 1 aromatic rings. The normalized spacial score (nSPS) is 10.2. The molecule has 0 spiro atoms. The number of rotatable bonds is 7. The lowest BCUT2D eigenvalue weighted by Crippen LogP contribution is -2.23. The summed E-state index contributed by atoms with van der Waals surface area (Å²) in [7, 11) is 0. The average Bonchev–Trinajstić information content (AvgIpc) is 2.76. The Morgan fingerprint density at radius 3 is 2.80 bits per heavy atom. The highest BCUT2D eigenvalue weighted by Crippen LogP contribution is 2.00. The Morgan fingerprint density at radius 2 is 2.13 bits per heavy atom. The van der Waals surface area contributed by atoms with E-state index in [1.807, 2.05) is 0 Å². The first-order valence-electron chi connectivity index (χ1n) is 5.36. The largest absolute Gasteiger partial charge is 0.459 e. The molecule has 0 aromatic carbocycles. The van der Waals surface area contributed by atoms with Gasteiger partial charge in [0.1, 0.15) is 0 Å². The average molecular weight is 210 g/mol. The number of nitrogens with two attached hydrogens (primary N) is 1. The standard InChI is InChI=1S/C11H18N2O2/c12-7-3-1-2-4-8-13-11(14)10-6-5-9-15-10/h5-6,9H,1-4,7-8,12H2,(H,13,14). The van der Waals surface area contributed by atoms with Crippen molar-refractivity contribution in [3.8, 4) is 0 Å². The summed E-state index contributed by atoms with van der Waals surface area (Å²) in [5, 5.41) is 2.80. The summed E-state index contributed by atoms with van der Waals surface area (Å²) in [6.07, 6.45) is 5.79. The Hall–Kier alpha value is -1.29. The van der Waals surface area contributed by atoms with E-state index in [2.05, 4.69) is 5.32 Å². The summed E-state index contributed by atoms with van der Waals surface area (Å²) in [5.41, 5.74) is 5.37. The van der Waals surface area contributed by atoms with Gasteiger partial charge in [0.2, 0.25) is 0 Å². The summed E-state index contributed by atoms with van der Waals surface area (Å²) >= 11 is 0. The smallest absolute Gasteiger partial charge is 0.286 e. The maximum Gasteiger partial charge on any atom is 0.286 e. The van der Waals surface area contributed by atoms with E-state index in [1.54, 1.807) is 12.1 Å². The van der Waals surface area contributed by atoms with E-state index in [-0.39, 0.29) is 5.91 Å². The molecule has 0 radical (unpaired) electrons. The molecule has 1 rings (SSSR count). The van der Waals surface area contributed by atoms with Gasteiger partial charge in [-0.05, 0) is 31.5 Å². The van der Waals surface area contributed by atoms with Gasteiger partial charge in [0, 0.05) is 6.54 Å². The molecular weight excluding hydrogens is 192 g/mol. The van der Waals surface area contributed by atoms with Crippen LogP contribution in [0.2, 0.25) is 0 Å². The van der Waals surface area contributed by atoms with Gasteiger partial charge in [0.05, 0.1) is 6.26 Å². The van der Waals surface area contributed by atoms with Crippen LogP contribution in [0.4, 0.5) is 0 Å². The van der Waals surface area contributed by atoms with Gasteiger partial charge in [0.15, 0.2) is 5.76 Å². The van der Waals surface area contributed by atoms with Crippen molar-refractivity contribution in [3.05, 3.63) is 24.2 Å². The van der Waals surface area contributed by atoms with Gasteiger partial charge in [-0.25, -0.2) is 0 Å². The van der Waals surface area contributed by atoms with Crippen LogP contribution in [0.5, 0.6) is 0 Å². The number of carbonyl (C=O) groups is 1. The molecule has 0 unspecified atom stereocenters. The highest BCUT2D eigenvalue weighted by molar-refractivity contribution is 5.91. The van der Waals surface area contributed by atoms with Gasteiger partial charge in [0.25, 0.3) is 5.91 Å². The fraction of sp³-hybridized carbons (Fsp3) is 0.545. The maximum absolute atomic E-state index is 11.4. The molecule has 0 aliphatic rings. The zero-order chi connectivity index (χ0) is 10.9. The lowest BCUT2D eigenvalue weighted by atomic mass is 10.2. The van der Waals surface area contributed by atoms with Gasteiger partial charge < -0.3 is 15.5 Å². The van der Waals surface area contributed by atoms with Crippen LogP contribution >= 0.6 is 0 Å². The molecule has 0 fully saturated rings. The summed E-state index contributed by atoms with van der Waals surface area (Å²) < 4.78 is 4.96. The molecule has 0 aliphatic carbocycles. The second-order valence-corrected chi connectivity index (χ2v) is 3.44. The maximum atomic E-state index is 11.4. The fourth-order valence-corrected chi connectivity index (χ4v) is 1.32. The van der Waals surface area contributed by atoms with Crippen molar-refractivity contribution in [2.45, 2.75) is 25.7 Å². The Labute approximate surface area is 89.8 Å². The SMILES string of the molecule is NCCCCCCNC(=O)c1ccco1. The quantitative estimate of drug-likeness (QED) is 0.670. The Balaban J connectivity index is 2.03. The monoisotopic (exact) mass is 210 g/mol. The molecule has 1 heterocycles. The molecule has 0 saturated heterocycles. The van der Waals surface area contributed by atoms with Crippen molar-refractivity contribution in [1.29, 1.82) is 0 Å². The first kappa shape index (κ1) is 11.8. The zero-order valence-corrected chi connectivity index (χ0v) is 8.87. The molecule has 4 nitrogen and oxygen atoms in total. The molecule has 4 heteroatoms. The van der Waals surface area contributed by atoms with E-state index < -0.39 is 0 Å². The lowest BCUT2D eigenvalue weighted by Gasteiger charge is -2.02. The predicted octanol–water partition coefficient (Wildman–Crippen LogP) is 1.53. The van der Waals surface area contributed by atoms with Gasteiger partial charge >= 0.3 is 0 Å². The first-order valence-corrected chi connectivity index (χ1v) is 5.36. The van der Waals surface area contributed by atoms with Crippen LogP contribution in [0.1, 0.15) is 36.2 Å². The third kappa shape index (κ3) is 4.65. The van der Waals surface area contributed by atoms with E-state index in [0.717, 1.165) is 32.2 Å². The van der Waals surface area contributed by atoms with E-state index in [9.17, 15) is 4.79 Å². The van der Waals surface area contributed by atoms with Crippen LogP contribution in [-0.4, -0.2) is 19.0 Å². The highest BCUT2D eigenvalue weighted by atomic mass is 16.3. The Kier molecular flexibility index (Phi) is 5.55. The van der Waals surface area contributed by atoms with E-state index in [4.69, 9.17) is 10.2 Å². The van der Waals surface area contributed by atoms with E-state index in [0.29, 0.717) is 12.3 Å². The third-order valence-electron chi connectivity index (χ3n) is 2.16. The molecular formula is C11H18N2O2. The number of carbonyl (C=O) groups excluding carboxylic acids is 1. The Morgan fingerprint density at radius 1 is 1.33 bits per heavy atom. The van der Waals surface area contributed by atoms with Crippen LogP contribution < -0.4 is 11.1 Å². The van der Waals surface area contributed by atoms with Crippen molar-refractivity contribution in [2.24, 2.45) is 5.73 Å². The van der Waals surface area contributed by atoms with Crippen LogP contribution in [0.15, 0.2) is 22.8 Å². The minimum Gasteiger partial charge on any atom is -0.459 e. The van der Waals surface area contributed by atoms with Crippen molar-refractivity contribution in [1.82, 2.24) is 5.32 Å². The minimum atomic E-state index is -0.140. The third-order valence-corrected chi connectivity index (χ3v) is 2.16. The fourth-order valence-electron chi connectivity index (χ4n) is 1.32. The van der Waals surface area contributed by atoms with Crippen LogP contribution in [0, 0.1) is 0 Å². The number of furan rings is 1. The molecule has 1 amide bonds. The number of hydrogen-bond donors (Lipinski definition) is 2. The lowest BCUT2D eigenvalue weighted by molar-refractivity contribution is 0.0925. The molecule has 3 N–H and O–H groups in total. The number of amides is 1. The molecule has 1 aromatic heterocycles. The molecule has 84 valence electrons. The molecule has 15 heavy (non-hydrogen) atoms. The second kappa shape index (κ2) is 7.06. The minimum absolute atomic E-state index is 0.140. The van der Waals surface area contributed by atoms with E-state index >= 15 is 0 Å². The summed E-state index contributed by atoms with van der Waals surface area (Å²) in [5.74, 6) is 0.232. The zero-order valence-electron chi connectivity index (χ0n) is 8.87. The topological polar surface area (TPSA) is 68.3 Å². The van der Waals surface area contributed by atoms with Gasteiger partial charge in [-0.1, -0.05) is 12.8 Å². The van der Waals surface area contributed by atoms with Gasteiger partial charge in [-0.15, -0.1) is 0 Å². The number of nitrogens with one attached hydrogen (secondary N) is 1. The Bertz CT molecular complexity index is 270. The highest BCUT2D eigenvalue weighted by Gasteiger charge is 2.05. The molecule has 0 aliphatic heterocycles. The van der Waals surface area contributed by atoms with Crippen molar-refractivity contribution in [3.63, 3.8) is 0 Å². The van der Waals surface area contributed by atoms with Crippen LogP contribution in [0.25, 0.3) is 0 Å². The van der Waals surface area contributed by atoms with Gasteiger partial charge in [-0.3, -0.25) is 4.79 Å². The molecule has 0 atom stereocenters. The van der Waals surface area contributed by atoms with Gasteiger partial charge in [-0.2, -0.15) is 0 Å². The van der Waals surface area contributed by atoms with Crippen molar-refractivity contribution < 1.29 is 9.21 Å². The van der Waals surface area contributed by atoms with Crippen molar-refractivity contribution >= 4 is 5.91 Å². The molecule has 0 bridgehead atoms. The first-order chi connectivity index (χ1) is 7.34. The summed E-state index contributed by atoms with van der Waals surface area (Å²) in [6.45, 7) is 1.45. The van der Waals surface area contributed by atoms with Crippen LogP contribution in [-0.2, 0) is 0 Å². The van der Waals surface area contributed by atoms with Crippen molar-refractivity contribution in [2.75, 3.05) is 13.1 Å². The summed E-state index contributed by atoms with van der Waals surface area (Å²) in [4.78, 5) is 11.4. The number of hydrogen-bond acceptors (Lipinski definition) is 3. The number of unbranched alkanes of at least 4 members (excludes halogenated alkanes) is 3. The molecule has 0 saturated carbocycles.